The van der Waals surface area contributed by atoms with Gasteiger partial charge < -0.3 is 20.7 Å². The van der Waals surface area contributed by atoms with Gasteiger partial charge in [0, 0.05) is 30.3 Å². The summed E-state index contributed by atoms with van der Waals surface area (Å²) >= 11 is 0. The van der Waals surface area contributed by atoms with Crippen molar-refractivity contribution in [2.24, 2.45) is 0 Å². The lowest BCUT2D eigenvalue weighted by Crippen LogP contribution is -2.28. The van der Waals surface area contributed by atoms with E-state index in [0.29, 0.717) is 22.6 Å². The Morgan fingerprint density at radius 1 is 1.04 bits per heavy atom. The van der Waals surface area contributed by atoms with Crippen LogP contribution in [-0.2, 0) is 4.79 Å². The van der Waals surface area contributed by atoms with E-state index in [-0.39, 0.29) is 36.7 Å². The van der Waals surface area contributed by atoms with Crippen molar-refractivity contribution in [3.8, 4) is 5.75 Å². The number of para-hydroxylation sites is 1. The van der Waals surface area contributed by atoms with Gasteiger partial charge in [0.1, 0.15) is 5.75 Å². The molecular weight excluding hydrogens is 358 g/mol. The van der Waals surface area contributed by atoms with Crippen LogP contribution in [0.5, 0.6) is 5.75 Å². The zero-order chi connectivity index (χ0) is 19.9. The van der Waals surface area contributed by atoms with Gasteiger partial charge in [-0.25, -0.2) is 0 Å². The molecule has 0 spiro atoms. The standard InChI is InChI=1S/C21H23N3O4/c1-28-18-8-3-2-7-17(18)21(27)22-12-11-19(25)23-16-6-4-5-14(13-16)20(26)24-15-9-10-15/h2-8,13,15H,9-12H2,1H3,(H,22,27)(H,23,25)(H,24,26). The number of ether oxygens (including phenoxy) is 1. The number of benzene rings is 2. The van der Waals surface area contributed by atoms with Crippen molar-refractivity contribution in [3.63, 3.8) is 0 Å². The fraction of sp³-hybridized carbons (Fsp3) is 0.286. The molecule has 0 atom stereocenters. The third kappa shape index (κ3) is 5.33. The number of carbonyl (C=O) groups is 3. The highest BCUT2D eigenvalue weighted by atomic mass is 16.5. The van der Waals surface area contributed by atoms with Crippen molar-refractivity contribution in [1.82, 2.24) is 10.6 Å². The van der Waals surface area contributed by atoms with Crippen LogP contribution in [0.25, 0.3) is 0 Å². The second-order valence-electron chi connectivity index (χ2n) is 6.58. The van der Waals surface area contributed by atoms with Crippen molar-refractivity contribution in [3.05, 3.63) is 59.7 Å². The van der Waals surface area contributed by atoms with E-state index in [0.717, 1.165) is 12.8 Å². The predicted molar refractivity (Wildman–Crippen MR) is 106 cm³/mol. The number of hydrogen-bond acceptors (Lipinski definition) is 4. The summed E-state index contributed by atoms with van der Waals surface area (Å²) < 4.78 is 5.16. The molecule has 7 nitrogen and oxygen atoms in total. The summed E-state index contributed by atoms with van der Waals surface area (Å²) in [5.74, 6) is -0.211. The molecule has 1 fully saturated rings. The summed E-state index contributed by atoms with van der Waals surface area (Å²) in [7, 11) is 1.50. The number of carbonyl (C=O) groups excluding carboxylic acids is 3. The Morgan fingerprint density at radius 2 is 1.82 bits per heavy atom. The van der Waals surface area contributed by atoms with Crippen LogP contribution in [0, 0.1) is 0 Å². The highest BCUT2D eigenvalue weighted by Gasteiger charge is 2.23. The minimum absolute atomic E-state index is 0.111. The third-order valence-corrected chi connectivity index (χ3v) is 4.31. The largest absolute Gasteiger partial charge is 0.496 e. The second-order valence-corrected chi connectivity index (χ2v) is 6.58. The first-order valence-corrected chi connectivity index (χ1v) is 9.19. The number of rotatable bonds is 8. The molecule has 146 valence electrons. The fourth-order valence-corrected chi connectivity index (χ4v) is 2.68. The van der Waals surface area contributed by atoms with Gasteiger partial charge >= 0.3 is 0 Å². The third-order valence-electron chi connectivity index (χ3n) is 4.31. The van der Waals surface area contributed by atoms with Crippen LogP contribution in [0.1, 0.15) is 40.0 Å². The van der Waals surface area contributed by atoms with Gasteiger partial charge in [-0.3, -0.25) is 14.4 Å². The summed E-state index contributed by atoms with van der Waals surface area (Å²) in [5, 5.41) is 8.36. The average Bonchev–Trinajstić information content (AvgIpc) is 3.52. The Hall–Kier alpha value is -3.35. The molecule has 0 aromatic heterocycles. The lowest BCUT2D eigenvalue weighted by atomic mass is 10.1. The van der Waals surface area contributed by atoms with Crippen LogP contribution >= 0.6 is 0 Å². The molecule has 0 radical (unpaired) electrons. The van der Waals surface area contributed by atoms with Gasteiger partial charge in [-0.05, 0) is 43.2 Å². The monoisotopic (exact) mass is 381 g/mol. The number of amides is 3. The molecule has 3 N–H and O–H groups in total. The van der Waals surface area contributed by atoms with E-state index < -0.39 is 0 Å². The Kier molecular flexibility index (Phi) is 6.26. The molecule has 1 aliphatic rings. The van der Waals surface area contributed by atoms with Gasteiger partial charge in [0.2, 0.25) is 5.91 Å². The van der Waals surface area contributed by atoms with Gasteiger partial charge in [0.15, 0.2) is 0 Å². The SMILES string of the molecule is COc1ccccc1C(=O)NCCC(=O)Nc1cccc(C(=O)NC2CC2)c1. The molecule has 1 aliphatic carbocycles. The maximum atomic E-state index is 12.2. The highest BCUT2D eigenvalue weighted by Crippen LogP contribution is 2.20. The molecular formula is C21H23N3O4. The van der Waals surface area contributed by atoms with Gasteiger partial charge in [-0.1, -0.05) is 18.2 Å². The van der Waals surface area contributed by atoms with Crippen molar-refractivity contribution < 1.29 is 19.1 Å². The molecule has 7 heteroatoms. The minimum atomic E-state index is -0.302. The molecule has 2 aromatic carbocycles. The summed E-state index contributed by atoms with van der Waals surface area (Å²) in [4.78, 5) is 36.4. The molecule has 2 aromatic rings. The maximum Gasteiger partial charge on any atom is 0.255 e. The number of nitrogens with one attached hydrogen (secondary N) is 3. The van der Waals surface area contributed by atoms with Crippen molar-refractivity contribution in [2.45, 2.75) is 25.3 Å². The zero-order valence-corrected chi connectivity index (χ0v) is 15.7. The summed E-state index contributed by atoms with van der Waals surface area (Å²) in [5.41, 5.74) is 1.47. The topological polar surface area (TPSA) is 96.5 Å². The first kappa shape index (κ1) is 19.4. The molecule has 1 saturated carbocycles. The van der Waals surface area contributed by atoms with E-state index in [2.05, 4.69) is 16.0 Å². The van der Waals surface area contributed by atoms with Crippen molar-refractivity contribution >= 4 is 23.4 Å². The van der Waals surface area contributed by atoms with Crippen molar-refractivity contribution in [2.75, 3.05) is 19.0 Å². The maximum absolute atomic E-state index is 12.2. The summed E-state index contributed by atoms with van der Waals surface area (Å²) in [6.45, 7) is 0.185. The van der Waals surface area contributed by atoms with Crippen molar-refractivity contribution in [1.29, 1.82) is 0 Å². The first-order valence-electron chi connectivity index (χ1n) is 9.19. The summed E-state index contributed by atoms with van der Waals surface area (Å²) in [6, 6.07) is 14.0. The normalized spacial score (nSPS) is 12.8. The Labute approximate surface area is 163 Å². The van der Waals surface area contributed by atoms with E-state index in [9.17, 15) is 14.4 Å². The van der Waals surface area contributed by atoms with Gasteiger partial charge in [-0.2, -0.15) is 0 Å². The van der Waals surface area contributed by atoms with E-state index in [1.54, 1.807) is 48.5 Å². The van der Waals surface area contributed by atoms with E-state index in [1.165, 1.54) is 7.11 Å². The zero-order valence-electron chi connectivity index (χ0n) is 15.7. The summed E-state index contributed by atoms with van der Waals surface area (Å²) in [6.07, 6.45) is 2.14. The fourth-order valence-electron chi connectivity index (χ4n) is 2.68. The number of methoxy groups -OCH3 is 1. The molecule has 0 saturated heterocycles. The number of hydrogen-bond donors (Lipinski definition) is 3. The Balaban J connectivity index is 1.48. The molecule has 28 heavy (non-hydrogen) atoms. The Morgan fingerprint density at radius 3 is 2.57 bits per heavy atom. The molecule has 3 amide bonds. The van der Waals surface area contributed by atoms with Gasteiger partial charge in [0.05, 0.1) is 12.7 Å². The average molecular weight is 381 g/mol. The molecule has 0 bridgehead atoms. The van der Waals surface area contributed by atoms with Gasteiger partial charge in [0.25, 0.3) is 11.8 Å². The van der Waals surface area contributed by atoms with Crippen LogP contribution in [0.4, 0.5) is 5.69 Å². The highest BCUT2D eigenvalue weighted by molar-refractivity contribution is 5.98. The van der Waals surface area contributed by atoms with Crippen LogP contribution in [0.2, 0.25) is 0 Å². The molecule has 3 rings (SSSR count). The van der Waals surface area contributed by atoms with Crippen LogP contribution in [0.3, 0.4) is 0 Å². The smallest absolute Gasteiger partial charge is 0.255 e. The Bertz CT molecular complexity index is 877. The van der Waals surface area contributed by atoms with E-state index >= 15 is 0 Å². The predicted octanol–water partition coefficient (Wildman–Crippen LogP) is 2.35. The lowest BCUT2D eigenvalue weighted by Gasteiger charge is -2.10. The molecule has 0 heterocycles. The van der Waals surface area contributed by atoms with Crippen LogP contribution < -0.4 is 20.7 Å². The van der Waals surface area contributed by atoms with Crippen LogP contribution in [-0.4, -0.2) is 37.4 Å². The quantitative estimate of drug-likeness (QED) is 0.654. The molecule has 0 aliphatic heterocycles. The van der Waals surface area contributed by atoms with Gasteiger partial charge in [-0.15, -0.1) is 0 Å². The minimum Gasteiger partial charge on any atom is -0.496 e. The first-order chi connectivity index (χ1) is 13.6. The number of anilines is 1. The van der Waals surface area contributed by atoms with E-state index in [4.69, 9.17) is 4.74 Å². The lowest BCUT2D eigenvalue weighted by molar-refractivity contribution is -0.116. The van der Waals surface area contributed by atoms with E-state index in [1.807, 2.05) is 0 Å². The second kappa shape index (κ2) is 9.03. The molecule has 0 unspecified atom stereocenters. The van der Waals surface area contributed by atoms with Crippen LogP contribution in [0.15, 0.2) is 48.5 Å².